The lowest BCUT2D eigenvalue weighted by atomic mass is 10.3. The van der Waals surface area contributed by atoms with E-state index in [1.165, 1.54) is 11.3 Å². The van der Waals surface area contributed by atoms with Gasteiger partial charge in [0.25, 0.3) is 11.5 Å². The zero-order chi connectivity index (χ0) is 19.9. The molecule has 0 aliphatic carbocycles. The van der Waals surface area contributed by atoms with Gasteiger partial charge in [-0.3, -0.25) is 14.3 Å². The average molecular weight is 399 g/mol. The van der Waals surface area contributed by atoms with Gasteiger partial charge in [-0.25, -0.2) is 9.38 Å². The van der Waals surface area contributed by atoms with Crippen molar-refractivity contribution in [1.82, 2.24) is 24.5 Å². The highest BCUT2D eigenvalue weighted by molar-refractivity contribution is 7.17. The van der Waals surface area contributed by atoms with E-state index in [4.69, 9.17) is 0 Å². The maximum atomic E-state index is 13.1. The summed E-state index contributed by atoms with van der Waals surface area (Å²) in [7, 11) is 0. The van der Waals surface area contributed by atoms with Gasteiger partial charge in [0.05, 0.1) is 17.9 Å². The van der Waals surface area contributed by atoms with Crippen molar-refractivity contribution < 1.29 is 18.0 Å². The highest BCUT2D eigenvalue weighted by atomic mass is 32.1. The molecule has 0 radical (unpaired) electrons. The van der Waals surface area contributed by atoms with Crippen LogP contribution in [0.5, 0.6) is 0 Å². The van der Waals surface area contributed by atoms with Crippen molar-refractivity contribution in [2.45, 2.75) is 33.5 Å². The molecule has 3 aromatic rings. The first-order chi connectivity index (χ1) is 12.6. The number of carbonyl (C=O) groups excluding carboxylic acids is 1. The molecule has 1 N–H and O–H groups in total. The number of nitrogens with zero attached hydrogens (tertiary/aromatic N) is 4. The Balaban J connectivity index is 2.07. The molecule has 11 heteroatoms. The molecule has 0 bridgehead atoms. The first-order valence-electron chi connectivity index (χ1n) is 8.03. The average Bonchev–Trinajstić information content (AvgIpc) is 3.07. The largest absolute Gasteiger partial charge is 0.433 e. The van der Waals surface area contributed by atoms with Crippen LogP contribution < -0.4 is 10.9 Å². The van der Waals surface area contributed by atoms with Crippen molar-refractivity contribution in [2.75, 3.05) is 6.54 Å². The number of amides is 1. The fourth-order valence-electron chi connectivity index (χ4n) is 2.76. The number of carbonyl (C=O) groups is 1. The molecular formula is C16H16F3N5O2S. The smallest absolute Gasteiger partial charge is 0.351 e. The van der Waals surface area contributed by atoms with E-state index < -0.39 is 23.3 Å². The Kier molecular flexibility index (Phi) is 4.81. The molecule has 3 heterocycles. The Morgan fingerprint density at radius 1 is 1.30 bits per heavy atom. The molecule has 27 heavy (non-hydrogen) atoms. The summed E-state index contributed by atoms with van der Waals surface area (Å²) >= 11 is 1.13. The van der Waals surface area contributed by atoms with Crippen LogP contribution in [0.2, 0.25) is 0 Å². The number of hydrogen-bond donors (Lipinski definition) is 1. The predicted octanol–water partition coefficient (Wildman–Crippen LogP) is 2.39. The van der Waals surface area contributed by atoms with Crippen LogP contribution in [0.15, 0.2) is 16.9 Å². The number of fused-ring (bicyclic) bond motifs is 1. The quantitative estimate of drug-likeness (QED) is 0.731. The summed E-state index contributed by atoms with van der Waals surface area (Å²) < 4.78 is 41.3. The number of alkyl halides is 3. The van der Waals surface area contributed by atoms with E-state index in [2.05, 4.69) is 15.4 Å². The van der Waals surface area contributed by atoms with Gasteiger partial charge in [0, 0.05) is 17.5 Å². The third-order valence-electron chi connectivity index (χ3n) is 3.80. The van der Waals surface area contributed by atoms with Crippen LogP contribution in [-0.4, -0.2) is 31.6 Å². The summed E-state index contributed by atoms with van der Waals surface area (Å²) in [5.41, 5.74) is -0.903. The molecule has 0 aliphatic rings. The minimum atomic E-state index is -4.56. The summed E-state index contributed by atoms with van der Waals surface area (Å²) in [4.78, 5) is 29.8. The molecule has 0 atom stereocenters. The Hall–Kier alpha value is -2.69. The predicted molar refractivity (Wildman–Crippen MR) is 93.2 cm³/mol. The van der Waals surface area contributed by atoms with Crippen LogP contribution in [-0.2, 0) is 12.7 Å². The van der Waals surface area contributed by atoms with Crippen molar-refractivity contribution in [1.29, 1.82) is 0 Å². The molecule has 3 rings (SSSR count). The Labute approximate surface area is 155 Å². The van der Waals surface area contributed by atoms with Gasteiger partial charge in [-0.05, 0) is 26.8 Å². The van der Waals surface area contributed by atoms with E-state index in [1.807, 2.05) is 0 Å². The van der Waals surface area contributed by atoms with Crippen molar-refractivity contribution in [2.24, 2.45) is 0 Å². The summed E-state index contributed by atoms with van der Waals surface area (Å²) in [6.45, 7) is 4.99. The van der Waals surface area contributed by atoms with E-state index in [0.717, 1.165) is 28.2 Å². The van der Waals surface area contributed by atoms with E-state index in [1.54, 1.807) is 13.8 Å². The van der Waals surface area contributed by atoms with Crippen molar-refractivity contribution in [3.8, 4) is 0 Å². The molecule has 0 aliphatic heterocycles. The SMILES string of the molecule is CCNC(=O)c1c(C)sc2nc(Cn3nc(C)cc3C(F)(F)F)cc(=O)n12. The van der Waals surface area contributed by atoms with Gasteiger partial charge in [-0.15, -0.1) is 11.3 Å². The topological polar surface area (TPSA) is 81.3 Å². The van der Waals surface area contributed by atoms with Gasteiger partial charge in [-0.2, -0.15) is 18.3 Å². The van der Waals surface area contributed by atoms with E-state index >= 15 is 0 Å². The molecule has 0 saturated carbocycles. The lowest BCUT2D eigenvalue weighted by Gasteiger charge is -2.10. The Bertz CT molecular complexity index is 1080. The van der Waals surface area contributed by atoms with E-state index in [0.29, 0.717) is 11.4 Å². The lowest BCUT2D eigenvalue weighted by Crippen LogP contribution is -2.28. The molecular weight excluding hydrogens is 383 g/mol. The zero-order valence-corrected chi connectivity index (χ0v) is 15.5. The number of aryl methyl sites for hydroxylation is 2. The van der Waals surface area contributed by atoms with Crippen molar-refractivity contribution in [3.05, 3.63) is 50.1 Å². The van der Waals surface area contributed by atoms with Gasteiger partial charge in [0.1, 0.15) is 11.4 Å². The minimum absolute atomic E-state index is 0.136. The number of aromatic nitrogens is 4. The minimum Gasteiger partial charge on any atom is -0.351 e. The van der Waals surface area contributed by atoms with Crippen LogP contribution in [0, 0.1) is 13.8 Å². The fourth-order valence-corrected chi connectivity index (χ4v) is 3.75. The number of hydrogen-bond acceptors (Lipinski definition) is 5. The van der Waals surface area contributed by atoms with Crippen LogP contribution >= 0.6 is 11.3 Å². The molecule has 1 amide bonds. The van der Waals surface area contributed by atoms with Crippen LogP contribution in [0.4, 0.5) is 13.2 Å². The standard InChI is InChI=1S/C16H16F3N5O2S/c1-4-20-14(26)13-9(3)27-15-21-10(6-12(25)24(13)15)7-23-11(16(17,18)19)5-8(2)22-23/h5-6H,4,7H2,1-3H3,(H,20,26). The monoisotopic (exact) mass is 399 g/mol. The fraction of sp³-hybridized carbons (Fsp3) is 0.375. The van der Waals surface area contributed by atoms with E-state index in [9.17, 15) is 22.8 Å². The van der Waals surface area contributed by atoms with Gasteiger partial charge in [-0.1, -0.05) is 0 Å². The third kappa shape index (κ3) is 3.59. The molecule has 0 saturated heterocycles. The number of nitrogens with one attached hydrogen (secondary N) is 1. The molecule has 144 valence electrons. The number of halogens is 3. The summed E-state index contributed by atoms with van der Waals surface area (Å²) in [5.74, 6) is -0.403. The first kappa shape index (κ1) is 19.1. The molecule has 0 aromatic carbocycles. The lowest BCUT2D eigenvalue weighted by molar-refractivity contribution is -0.144. The number of thiazole rings is 1. The zero-order valence-electron chi connectivity index (χ0n) is 14.7. The summed E-state index contributed by atoms with van der Waals surface area (Å²) in [6.07, 6.45) is -4.56. The molecule has 0 fully saturated rings. The molecule has 0 unspecified atom stereocenters. The van der Waals surface area contributed by atoms with Crippen LogP contribution in [0.3, 0.4) is 0 Å². The summed E-state index contributed by atoms with van der Waals surface area (Å²) in [6, 6.07) is 2.06. The van der Waals surface area contributed by atoms with Crippen molar-refractivity contribution in [3.63, 3.8) is 0 Å². The Morgan fingerprint density at radius 2 is 2.00 bits per heavy atom. The van der Waals surface area contributed by atoms with Crippen molar-refractivity contribution >= 4 is 22.2 Å². The first-order valence-corrected chi connectivity index (χ1v) is 8.85. The van der Waals surface area contributed by atoms with E-state index in [-0.39, 0.29) is 28.6 Å². The second-order valence-corrected chi connectivity index (χ2v) is 7.08. The maximum Gasteiger partial charge on any atom is 0.433 e. The second kappa shape index (κ2) is 6.80. The van der Waals surface area contributed by atoms with Gasteiger partial charge < -0.3 is 5.32 Å². The molecule has 3 aromatic heterocycles. The molecule has 7 nitrogen and oxygen atoms in total. The highest BCUT2D eigenvalue weighted by Gasteiger charge is 2.35. The maximum absolute atomic E-state index is 13.1. The van der Waals surface area contributed by atoms with Gasteiger partial charge in [0.2, 0.25) is 0 Å². The Morgan fingerprint density at radius 3 is 2.63 bits per heavy atom. The second-order valence-electron chi connectivity index (χ2n) is 5.90. The third-order valence-corrected chi connectivity index (χ3v) is 4.76. The van der Waals surface area contributed by atoms with Gasteiger partial charge >= 0.3 is 6.18 Å². The molecule has 0 spiro atoms. The number of rotatable bonds is 4. The normalized spacial score (nSPS) is 11.9. The van der Waals surface area contributed by atoms with Crippen LogP contribution in [0.1, 0.15) is 39.4 Å². The van der Waals surface area contributed by atoms with Crippen LogP contribution in [0.25, 0.3) is 4.96 Å². The summed E-state index contributed by atoms with van der Waals surface area (Å²) in [5, 5.41) is 6.48. The highest BCUT2D eigenvalue weighted by Crippen LogP contribution is 2.30. The van der Waals surface area contributed by atoms with Gasteiger partial charge in [0.15, 0.2) is 4.96 Å².